The second kappa shape index (κ2) is 14.1. The monoisotopic (exact) mass is 596 g/mol. The zero-order chi connectivity index (χ0) is 31.1. The number of hydrogen-bond acceptors (Lipinski definition) is 9. The summed E-state index contributed by atoms with van der Waals surface area (Å²) in [6.07, 6.45) is -2.91. The lowest BCUT2D eigenvalue weighted by Gasteiger charge is -2.33. The molecule has 2 rings (SSSR count). The number of carbonyl (C=O) groups is 2. The van der Waals surface area contributed by atoms with Crippen molar-refractivity contribution in [2.45, 2.75) is 85.3 Å². The summed E-state index contributed by atoms with van der Waals surface area (Å²) in [4.78, 5) is 44.9. The van der Waals surface area contributed by atoms with Gasteiger partial charge in [0, 0.05) is 0 Å². The van der Waals surface area contributed by atoms with Crippen LogP contribution in [0.2, 0.25) is 0 Å². The molecule has 0 saturated heterocycles. The van der Waals surface area contributed by atoms with Gasteiger partial charge in [-0.3, -0.25) is 4.57 Å². The Kier molecular flexibility index (Phi) is 11.6. The lowest BCUT2D eigenvalue weighted by atomic mass is 9.93. The fourth-order valence-corrected chi connectivity index (χ4v) is 4.71. The van der Waals surface area contributed by atoms with Crippen molar-refractivity contribution < 1.29 is 52.7 Å². The maximum atomic E-state index is 12.8. The van der Waals surface area contributed by atoms with E-state index in [1.165, 1.54) is 0 Å². The van der Waals surface area contributed by atoms with Gasteiger partial charge in [-0.2, -0.15) is 0 Å². The van der Waals surface area contributed by atoms with Gasteiger partial charge in [0.05, 0.1) is 12.2 Å². The van der Waals surface area contributed by atoms with Crippen LogP contribution in [0.1, 0.15) is 75.3 Å². The van der Waals surface area contributed by atoms with E-state index in [1.54, 1.807) is 45.9 Å². The van der Waals surface area contributed by atoms with E-state index in [-0.39, 0.29) is 17.4 Å². The molecule has 0 bridgehead atoms. The molecule has 0 aliphatic heterocycles. The molecular formula is C29H41O11P. The van der Waals surface area contributed by atoms with Crippen LogP contribution >= 0.6 is 7.60 Å². The molecule has 0 amide bonds. The molecule has 0 heterocycles. The highest BCUT2D eigenvalue weighted by Gasteiger charge is 2.53. The highest BCUT2D eigenvalue weighted by Crippen LogP contribution is 2.52. The Bertz CT molecular complexity index is 1210. The predicted molar refractivity (Wildman–Crippen MR) is 151 cm³/mol. The Balaban J connectivity index is 2.44. The number of phenols is 1. The van der Waals surface area contributed by atoms with Gasteiger partial charge in [-0.1, -0.05) is 26.0 Å². The fraction of sp³-hybridized carbons (Fsp3) is 0.517. The van der Waals surface area contributed by atoms with Crippen LogP contribution in [0.5, 0.6) is 11.5 Å². The molecule has 0 aliphatic rings. The van der Waals surface area contributed by atoms with Crippen molar-refractivity contribution in [1.29, 1.82) is 0 Å². The van der Waals surface area contributed by atoms with Crippen molar-refractivity contribution in [2.75, 3.05) is 13.2 Å². The topological polar surface area (TPSA) is 158 Å². The Hall–Kier alpha value is -3.27. The van der Waals surface area contributed by atoms with E-state index < -0.39 is 50.7 Å². The number of carbonyl (C=O) groups excluding carboxylic acids is 2. The average Bonchev–Trinajstić information content (AvgIpc) is 2.82. The van der Waals surface area contributed by atoms with Gasteiger partial charge in [-0.25, -0.2) is 9.59 Å². The lowest BCUT2D eigenvalue weighted by molar-refractivity contribution is -0.0440. The molecule has 12 heteroatoms. The fourth-order valence-electron chi connectivity index (χ4n) is 4.02. The van der Waals surface area contributed by atoms with Crippen molar-refractivity contribution in [3.8, 4) is 11.5 Å². The minimum Gasteiger partial charge on any atom is -0.508 e. The molecule has 2 aromatic carbocycles. The second-order valence-electron chi connectivity index (χ2n) is 10.8. The normalized spacial score (nSPS) is 12.0. The number of rotatable bonds is 12. The third-order valence-electron chi connectivity index (χ3n) is 6.10. The molecule has 0 radical (unpaired) electrons. The van der Waals surface area contributed by atoms with Crippen LogP contribution in [0, 0.1) is 13.8 Å². The van der Waals surface area contributed by atoms with Crippen molar-refractivity contribution in [1.82, 2.24) is 0 Å². The third kappa shape index (κ3) is 9.66. The van der Waals surface area contributed by atoms with Crippen molar-refractivity contribution >= 4 is 19.9 Å². The summed E-state index contributed by atoms with van der Waals surface area (Å²) in [6.45, 7) is 12.0. The molecule has 0 unspecified atom stereocenters. The maximum Gasteiger partial charge on any atom is 0.508 e. The molecular weight excluding hydrogens is 555 g/mol. The van der Waals surface area contributed by atoms with Gasteiger partial charge < -0.3 is 38.6 Å². The van der Waals surface area contributed by atoms with Gasteiger partial charge in [0.1, 0.15) is 11.5 Å². The molecule has 0 saturated carbocycles. The zero-order valence-corrected chi connectivity index (χ0v) is 25.7. The first kappa shape index (κ1) is 33.9. The summed E-state index contributed by atoms with van der Waals surface area (Å²) >= 11 is 0. The van der Waals surface area contributed by atoms with Crippen molar-refractivity contribution in [2.24, 2.45) is 0 Å². The van der Waals surface area contributed by atoms with E-state index in [4.69, 9.17) is 23.7 Å². The first-order valence-corrected chi connectivity index (χ1v) is 14.9. The lowest BCUT2D eigenvalue weighted by Crippen LogP contribution is -2.47. The summed E-state index contributed by atoms with van der Waals surface area (Å²) in [5.74, 6) is 0.421. The smallest absolute Gasteiger partial charge is 0.508 e. The Morgan fingerprint density at radius 1 is 0.854 bits per heavy atom. The van der Waals surface area contributed by atoms with Gasteiger partial charge in [-0.05, 0) is 99.9 Å². The summed E-state index contributed by atoms with van der Waals surface area (Å²) in [6, 6.07) is 8.63. The summed E-state index contributed by atoms with van der Waals surface area (Å²) in [5, 5.41) is 7.58. The van der Waals surface area contributed by atoms with Crippen molar-refractivity contribution in [3.05, 3.63) is 58.1 Å². The SMILES string of the molecule is Cc1cc(OC(COC(=O)OC(C)C)(COC(=O)OC(C)C)P(=O)(O)O)cc(C)c1Cc1ccc(O)c(C(C)C)c1. The van der Waals surface area contributed by atoms with E-state index in [2.05, 4.69) is 0 Å². The minimum atomic E-state index is -5.28. The van der Waals surface area contributed by atoms with Crippen molar-refractivity contribution in [3.63, 3.8) is 0 Å². The molecule has 0 aromatic heterocycles. The maximum absolute atomic E-state index is 12.8. The van der Waals surface area contributed by atoms with Crippen LogP contribution in [0.25, 0.3) is 0 Å². The number of phenolic OH excluding ortho intramolecular Hbond substituents is 1. The predicted octanol–water partition coefficient (Wildman–Crippen LogP) is 6.10. The van der Waals surface area contributed by atoms with Crippen LogP contribution < -0.4 is 4.74 Å². The Labute approximate surface area is 240 Å². The molecule has 3 N–H and O–H groups in total. The zero-order valence-electron chi connectivity index (χ0n) is 24.8. The molecule has 0 fully saturated rings. The van der Waals surface area contributed by atoms with E-state index in [0.29, 0.717) is 6.42 Å². The number of aromatic hydroxyl groups is 1. The number of hydrogen-bond donors (Lipinski definition) is 3. The van der Waals surface area contributed by atoms with E-state index in [1.807, 2.05) is 39.8 Å². The molecule has 228 valence electrons. The highest BCUT2D eigenvalue weighted by atomic mass is 31.2. The van der Waals surface area contributed by atoms with Gasteiger partial charge in [0.2, 0.25) is 0 Å². The minimum absolute atomic E-state index is 0.0577. The number of aryl methyl sites for hydroxylation is 2. The largest absolute Gasteiger partial charge is 0.508 e. The highest BCUT2D eigenvalue weighted by molar-refractivity contribution is 7.53. The van der Waals surface area contributed by atoms with Crippen LogP contribution in [-0.2, 0) is 29.9 Å². The summed E-state index contributed by atoms with van der Waals surface area (Å²) < 4.78 is 38.5. The summed E-state index contributed by atoms with van der Waals surface area (Å²) in [7, 11) is -5.28. The van der Waals surface area contributed by atoms with Crippen LogP contribution in [0.15, 0.2) is 30.3 Å². The first-order chi connectivity index (χ1) is 18.9. The Morgan fingerprint density at radius 2 is 1.34 bits per heavy atom. The van der Waals surface area contributed by atoms with Crippen LogP contribution in [-0.4, -0.2) is 58.0 Å². The molecule has 0 atom stereocenters. The average molecular weight is 597 g/mol. The first-order valence-electron chi connectivity index (χ1n) is 13.3. The number of ether oxygens (including phenoxy) is 5. The van der Waals surface area contributed by atoms with E-state index >= 15 is 0 Å². The molecule has 0 spiro atoms. The standard InChI is InChI=1S/C29H41O11P/c1-17(2)24-13-22(9-10-26(24)30)14-25-20(7)11-23(12-21(25)8)40-29(41(33,34)35,15-36-27(31)38-18(3)4)16-37-28(32)39-19(5)6/h9-13,17-19,30H,14-16H2,1-8H3,(H2,33,34,35). The van der Waals surface area contributed by atoms with Crippen LogP contribution in [0.4, 0.5) is 9.59 Å². The van der Waals surface area contributed by atoms with Crippen LogP contribution in [0.3, 0.4) is 0 Å². The molecule has 0 aliphatic carbocycles. The molecule has 2 aromatic rings. The molecule has 41 heavy (non-hydrogen) atoms. The van der Waals surface area contributed by atoms with Gasteiger partial charge in [0.25, 0.3) is 5.34 Å². The summed E-state index contributed by atoms with van der Waals surface area (Å²) in [5.41, 5.74) is 4.28. The van der Waals surface area contributed by atoms with Gasteiger partial charge in [-0.15, -0.1) is 0 Å². The third-order valence-corrected chi connectivity index (χ3v) is 7.51. The molecule has 11 nitrogen and oxygen atoms in total. The number of benzene rings is 2. The van der Waals surface area contributed by atoms with E-state index in [0.717, 1.165) is 27.8 Å². The van der Waals surface area contributed by atoms with Gasteiger partial charge in [0.15, 0.2) is 13.2 Å². The van der Waals surface area contributed by atoms with Gasteiger partial charge >= 0.3 is 19.9 Å². The Morgan fingerprint density at radius 3 is 1.76 bits per heavy atom. The quantitative estimate of drug-likeness (QED) is 0.192. The van der Waals surface area contributed by atoms with E-state index in [9.17, 15) is 29.0 Å². The second-order valence-corrected chi connectivity index (χ2v) is 12.7.